The predicted molar refractivity (Wildman–Crippen MR) is 140 cm³/mol. The van der Waals surface area contributed by atoms with Gasteiger partial charge in [-0.15, -0.1) is 0 Å². The Morgan fingerprint density at radius 3 is 2.23 bits per heavy atom. The number of esters is 1. The molecule has 4 rings (SSSR count). The number of nitrogens with zero attached hydrogens (tertiary/aromatic N) is 4. The Balaban J connectivity index is 1.70. The van der Waals surface area contributed by atoms with Gasteiger partial charge in [-0.25, -0.2) is 4.79 Å². The van der Waals surface area contributed by atoms with Crippen LogP contribution in [0.5, 0.6) is 5.75 Å². The molecule has 210 valence electrons. The highest BCUT2D eigenvalue weighted by atomic mass is 32.2. The maximum absolute atomic E-state index is 13.2. The molecule has 40 heavy (non-hydrogen) atoms. The molecule has 0 radical (unpaired) electrons. The molecule has 0 aliphatic carbocycles. The third-order valence-electron chi connectivity index (χ3n) is 5.97. The van der Waals surface area contributed by atoms with Crippen LogP contribution in [-0.2, 0) is 42.9 Å². The number of phenols is 1. The normalized spacial score (nSPS) is 16.1. The van der Waals surface area contributed by atoms with Crippen molar-refractivity contribution in [3.05, 3.63) is 54.1 Å². The van der Waals surface area contributed by atoms with E-state index in [1.807, 2.05) is 0 Å². The minimum absolute atomic E-state index is 0.104. The first-order chi connectivity index (χ1) is 18.8. The van der Waals surface area contributed by atoms with Crippen LogP contribution in [0.15, 0.2) is 73.7 Å². The van der Waals surface area contributed by atoms with E-state index in [1.165, 1.54) is 55.5 Å². The minimum atomic E-state index is -4.12. The molecular weight excluding hydrogens is 568 g/mol. The summed E-state index contributed by atoms with van der Waals surface area (Å²) in [6.07, 6.45) is 0. The molecule has 1 unspecified atom stereocenters. The standard InChI is InChI=1S/C24H22N4O10S2/c1-13-19(40(34,35)38-4)12-14-11-15(5-10-18(14)22(13)29)25-26-20-21(24(31)36-2)27-28(23(20)30)16-6-8-17(9-7-16)39(32,33)37-3/h5-12,20,29H,1-4H3/b26-25+. The lowest BCUT2D eigenvalue weighted by molar-refractivity contribution is -0.133. The van der Waals surface area contributed by atoms with Gasteiger partial charge in [0, 0.05) is 10.9 Å². The van der Waals surface area contributed by atoms with Crippen LogP contribution in [0.25, 0.3) is 10.8 Å². The summed E-state index contributed by atoms with van der Waals surface area (Å²) in [7, 11) is -4.99. The van der Waals surface area contributed by atoms with Crippen LogP contribution in [0.2, 0.25) is 0 Å². The maximum Gasteiger partial charge on any atom is 0.357 e. The number of carbonyl (C=O) groups excluding carboxylic acids is 2. The number of benzene rings is 3. The first-order valence-corrected chi connectivity index (χ1v) is 14.1. The van der Waals surface area contributed by atoms with Gasteiger partial charge >= 0.3 is 5.97 Å². The van der Waals surface area contributed by atoms with Crippen LogP contribution in [0.1, 0.15) is 5.56 Å². The van der Waals surface area contributed by atoms with Gasteiger partial charge in [0.25, 0.3) is 26.1 Å². The van der Waals surface area contributed by atoms with Crippen LogP contribution < -0.4 is 5.01 Å². The number of hydrazone groups is 1. The molecule has 0 spiro atoms. The molecule has 1 N–H and O–H groups in total. The lowest BCUT2D eigenvalue weighted by atomic mass is 10.1. The molecular formula is C24H22N4O10S2. The summed E-state index contributed by atoms with van der Waals surface area (Å²) >= 11 is 0. The summed E-state index contributed by atoms with van der Waals surface area (Å²) in [5, 5.41) is 24.1. The highest BCUT2D eigenvalue weighted by Gasteiger charge is 2.41. The van der Waals surface area contributed by atoms with E-state index < -0.39 is 38.2 Å². The molecule has 1 amide bonds. The molecule has 0 saturated heterocycles. The van der Waals surface area contributed by atoms with Crippen LogP contribution >= 0.6 is 0 Å². The third kappa shape index (κ3) is 5.16. The highest BCUT2D eigenvalue weighted by molar-refractivity contribution is 7.87. The topological polar surface area (TPSA) is 191 Å². The fourth-order valence-corrected chi connectivity index (χ4v) is 5.41. The van der Waals surface area contributed by atoms with Crippen molar-refractivity contribution in [3.8, 4) is 5.75 Å². The average Bonchev–Trinajstić information content (AvgIpc) is 3.28. The van der Waals surface area contributed by atoms with Crippen LogP contribution in [0.3, 0.4) is 0 Å². The van der Waals surface area contributed by atoms with Crippen LogP contribution in [0, 0.1) is 6.92 Å². The lowest BCUT2D eigenvalue weighted by Crippen LogP contribution is -2.33. The van der Waals surface area contributed by atoms with E-state index in [2.05, 4.69) is 23.7 Å². The molecule has 0 aromatic heterocycles. The first kappa shape index (κ1) is 28.8. The van der Waals surface area contributed by atoms with Crippen molar-refractivity contribution in [3.63, 3.8) is 0 Å². The van der Waals surface area contributed by atoms with Gasteiger partial charge in [0.05, 0.1) is 37.6 Å². The van der Waals surface area contributed by atoms with Crippen molar-refractivity contribution in [1.82, 2.24) is 0 Å². The number of carbonyl (C=O) groups is 2. The number of hydrogen-bond acceptors (Lipinski definition) is 13. The number of anilines is 1. The van der Waals surface area contributed by atoms with Gasteiger partial charge in [0.15, 0.2) is 5.71 Å². The van der Waals surface area contributed by atoms with Crippen molar-refractivity contribution in [1.29, 1.82) is 0 Å². The predicted octanol–water partition coefficient (Wildman–Crippen LogP) is 2.55. The van der Waals surface area contributed by atoms with E-state index in [9.17, 15) is 31.5 Å². The van der Waals surface area contributed by atoms with Gasteiger partial charge in [0.1, 0.15) is 10.6 Å². The molecule has 1 heterocycles. The zero-order chi connectivity index (χ0) is 29.4. The first-order valence-electron chi connectivity index (χ1n) is 11.2. The number of amides is 1. The number of rotatable bonds is 8. The largest absolute Gasteiger partial charge is 0.507 e. The SMILES string of the molecule is COC(=O)C1=NN(c2ccc(S(=O)(=O)OC)cc2)C(=O)C1/N=N/c1ccc2c(O)c(C)c(S(=O)(=O)OC)cc2c1. The van der Waals surface area contributed by atoms with E-state index in [0.717, 1.165) is 26.3 Å². The molecule has 1 atom stereocenters. The summed E-state index contributed by atoms with van der Waals surface area (Å²) in [6.45, 7) is 1.43. The number of methoxy groups -OCH3 is 1. The van der Waals surface area contributed by atoms with E-state index in [1.54, 1.807) is 0 Å². The Morgan fingerprint density at radius 2 is 1.62 bits per heavy atom. The summed E-state index contributed by atoms with van der Waals surface area (Å²) < 4.78 is 62.1. The Hall–Kier alpha value is -4.25. The number of fused-ring (bicyclic) bond motifs is 1. The molecule has 3 aromatic carbocycles. The Kier molecular flexibility index (Phi) is 7.71. The van der Waals surface area contributed by atoms with Crippen molar-refractivity contribution in [2.24, 2.45) is 15.3 Å². The van der Waals surface area contributed by atoms with Crippen LogP contribution in [0.4, 0.5) is 11.4 Å². The Bertz CT molecular complexity index is 1800. The summed E-state index contributed by atoms with van der Waals surface area (Å²) in [6, 6.07) is 9.19. The third-order valence-corrected chi connectivity index (χ3v) is 8.66. The second kappa shape index (κ2) is 10.7. The molecule has 1 aliphatic rings. The molecule has 3 aromatic rings. The number of phenolic OH excluding ortho intramolecular Hbond substituents is 1. The average molecular weight is 591 g/mol. The fourth-order valence-electron chi connectivity index (χ4n) is 3.83. The van der Waals surface area contributed by atoms with Gasteiger partial charge in [0.2, 0.25) is 6.04 Å². The van der Waals surface area contributed by atoms with E-state index in [4.69, 9.17) is 4.74 Å². The van der Waals surface area contributed by atoms with Crippen molar-refractivity contribution in [2.75, 3.05) is 26.3 Å². The summed E-state index contributed by atoms with van der Waals surface area (Å²) in [5.74, 6) is -1.97. The summed E-state index contributed by atoms with van der Waals surface area (Å²) in [4.78, 5) is 25.1. The number of aromatic hydroxyl groups is 1. The van der Waals surface area contributed by atoms with E-state index in [0.29, 0.717) is 10.8 Å². The number of azo groups is 1. The van der Waals surface area contributed by atoms with Gasteiger partial charge in [-0.3, -0.25) is 13.2 Å². The van der Waals surface area contributed by atoms with E-state index in [-0.39, 0.29) is 38.2 Å². The molecule has 0 saturated carbocycles. The number of hydrogen-bond donors (Lipinski definition) is 1. The van der Waals surface area contributed by atoms with Crippen molar-refractivity contribution < 1.29 is 44.6 Å². The monoisotopic (exact) mass is 590 g/mol. The van der Waals surface area contributed by atoms with Crippen LogP contribution in [-0.4, -0.2) is 66.9 Å². The van der Waals surface area contributed by atoms with Crippen molar-refractivity contribution in [2.45, 2.75) is 22.8 Å². The second-order valence-electron chi connectivity index (χ2n) is 8.23. The molecule has 0 fully saturated rings. The van der Waals surface area contributed by atoms with Gasteiger partial charge in [-0.2, -0.15) is 37.2 Å². The minimum Gasteiger partial charge on any atom is -0.507 e. The quantitative estimate of drug-likeness (QED) is 0.232. The lowest BCUT2D eigenvalue weighted by Gasteiger charge is -2.13. The maximum atomic E-state index is 13.2. The molecule has 16 heteroatoms. The number of ether oxygens (including phenoxy) is 1. The zero-order valence-electron chi connectivity index (χ0n) is 21.4. The van der Waals surface area contributed by atoms with Gasteiger partial charge < -0.3 is 9.84 Å². The van der Waals surface area contributed by atoms with E-state index >= 15 is 0 Å². The summed E-state index contributed by atoms with van der Waals surface area (Å²) in [5.41, 5.74) is 0.0447. The zero-order valence-corrected chi connectivity index (χ0v) is 23.1. The highest BCUT2D eigenvalue weighted by Crippen LogP contribution is 2.36. The smallest absolute Gasteiger partial charge is 0.357 e. The van der Waals surface area contributed by atoms with Gasteiger partial charge in [-0.1, -0.05) is 0 Å². The molecule has 0 bridgehead atoms. The molecule has 14 nitrogen and oxygen atoms in total. The Morgan fingerprint density at radius 1 is 0.975 bits per heavy atom. The molecule has 1 aliphatic heterocycles. The van der Waals surface area contributed by atoms with Crippen molar-refractivity contribution >= 4 is 60.0 Å². The van der Waals surface area contributed by atoms with Gasteiger partial charge in [-0.05, 0) is 60.8 Å². The Labute approximate surface area is 228 Å². The second-order valence-corrected chi connectivity index (χ2v) is 11.6. The fraction of sp³-hybridized carbons (Fsp3) is 0.208.